The second kappa shape index (κ2) is 23.3. The van der Waals surface area contributed by atoms with Crippen molar-refractivity contribution in [2.75, 3.05) is 45.2 Å². The maximum Gasteiger partial charge on any atom is 0.573 e. The summed E-state index contributed by atoms with van der Waals surface area (Å²) >= 11 is 0. The normalized spacial score (nSPS) is 12.6. The van der Waals surface area contributed by atoms with Crippen LogP contribution in [0, 0.1) is 0 Å². The number of nitrogens with one attached hydrogen (secondary N) is 4. The number of benzene rings is 6. The lowest BCUT2D eigenvalue weighted by atomic mass is 9.79. The fourth-order valence-electron chi connectivity index (χ4n) is 7.94. The molecule has 28 heteroatoms. The van der Waals surface area contributed by atoms with Crippen molar-refractivity contribution in [3.8, 4) is 11.5 Å². The number of ether oxygens (including phenoxy) is 2. The first-order chi connectivity index (χ1) is 37.7. The van der Waals surface area contributed by atoms with Crippen molar-refractivity contribution in [2.45, 2.75) is 34.4 Å². The number of alkyl halides is 6. The summed E-state index contributed by atoms with van der Waals surface area (Å²) < 4.78 is 134. The van der Waals surface area contributed by atoms with E-state index in [-0.39, 0.29) is 44.2 Å². The first kappa shape index (κ1) is 56.8. The predicted molar refractivity (Wildman–Crippen MR) is 284 cm³/mol. The Hall–Kier alpha value is -9.38. The van der Waals surface area contributed by atoms with Crippen molar-refractivity contribution in [1.82, 2.24) is 19.9 Å². The molecule has 2 amide bonds. The van der Waals surface area contributed by atoms with E-state index in [9.17, 15) is 52.8 Å². The summed E-state index contributed by atoms with van der Waals surface area (Å²) in [6, 6.07) is 35.9. The van der Waals surface area contributed by atoms with Gasteiger partial charge in [0.15, 0.2) is 0 Å². The number of carbonyl (C=O) groups is 2. The molecular formula is C52H44F6N12O8S2. The molecule has 2 heterocycles. The summed E-state index contributed by atoms with van der Waals surface area (Å²) in [4.78, 5) is 50.4. The second-order valence-corrected chi connectivity index (χ2v) is 20.4. The molecule has 0 radical (unpaired) electrons. The molecule has 80 heavy (non-hydrogen) atoms. The number of amides is 2. The van der Waals surface area contributed by atoms with Gasteiger partial charge in [0.05, 0.1) is 21.6 Å². The smallest absolute Gasteiger partial charge is 0.406 e. The van der Waals surface area contributed by atoms with E-state index in [2.05, 4.69) is 50.7 Å². The van der Waals surface area contributed by atoms with Gasteiger partial charge in [-0.1, -0.05) is 36.4 Å². The monoisotopic (exact) mass is 1140 g/mol. The number of hydrogen-bond donors (Lipinski definition) is 6. The van der Waals surface area contributed by atoms with Gasteiger partial charge in [0.2, 0.25) is 43.8 Å². The first-order valence-electron chi connectivity index (χ1n) is 23.2. The summed E-state index contributed by atoms with van der Waals surface area (Å²) in [6.07, 6.45) is -7.11. The van der Waals surface area contributed by atoms with Gasteiger partial charge in [0.1, 0.15) is 23.1 Å². The van der Waals surface area contributed by atoms with E-state index >= 15 is 0 Å². The Morgan fingerprint density at radius 1 is 0.500 bits per heavy atom. The van der Waals surface area contributed by atoms with Crippen LogP contribution in [-0.4, -0.2) is 75.4 Å². The maximum absolute atomic E-state index is 14.9. The Morgan fingerprint density at radius 3 is 1.18 bits per heavy atom. The Labute approximate surface area is 452 Å². The van der Waals surface area contributed by atoms with Crippen LogP contribution in [0.1, 0.15) is 23.0 Å². The van der Waals surface area contributed by atoms with Crippen molar-refractivity contribution in [3.05, 3.63) is 181 Å². The summed E-state index contributed by atoms with van der Waals surface area (Å²) in [7, 11) is -4.69. The molecule has 8 aromatic rings. The molecule has 0 saturated carbocycles. The van der Waals surface area contributed by atoms with Crippen LogP contribution in [0.5, 0.6) is 11.5 Å². The van der Waals surface area contributed by atoms with Crippen LogP contribution in [-0.2, 0) is 29.6 Å². The molecular weight excluding hydrogens is 1100 g/mol. The molecule has 0 fully saturated rings. The molecule has 8 rings (SSSR count). The van der Waals surface area contributed by atoms with E-state index in [0.717, 1.165) is 48.5 Å². The number of halogens is 6. The van der Waals surface area contributed by atoms with Crippen LogP contribution in [0.25, 0.3) is 0 Å². The first-order valence-corrected chi connectivity index (χ1v) is 26.3. The average Bonchev–Trinajstić information content (AvgIpc) is 3.41. The number of rotatable bonds is 19. The standard InChI is InChI=1S/C52H44F6N12O8S2/c1-69(43-25-27-61-49(67-43)65-35-5-3-7-41(29-35)79(59,73)74)37-17-9-31(10-18-37)45(47(71)63-33-13-21-39(22-14-33)77-51(53,54)55)46(48(72)64-34-15-23-40(24-16-34)78-52(56,57)58)32-11-19-38(20-12-32)70(2)44-26-28-62-50(68-44)66-36-6-4-8-42(30-36)80(60,75)76/h3-30,45-46H,1-2H3,(H,63,71)(H,64,72)(H2,59,73,74)(H2,60,75,76)(H,61,65,67)(H,62,66,68). The van der Waals surface area contributed by atoms with Gasteiger partial charge in [-0.05, 0) is 132 Å². The van der Waals surface area contributed by atoms with Gasteiger partial charge in [-0.2, -0.15) is 9.97 Å². The van der Waals surface area contributed by atoms with Crippen LogP contribution in [0.2, 0.25) is 0 Å². The third kappa shape index (κ3) is 15.0. The van der Waals surface area contributed by atoms with Crippen LogP contribution in [0.4, 0.5) is 84.0 Å². The lowest BCUT2D eigenvalue weighted by Crippen LogP contribution is -2.34. The van der Waals surface area contributed by atoms with E-state index in [1.807, 2.05) is 0 Å². The molecule has 2 unspecified atom stereocenters. The molecule has 6 aromatic carbocycles. The zero-order valence-electron chi connectivity index (χ0n) is 41.5. The third-order valence-electron chi connectivity index (χ3n) is 11.7. The number of nitrogens with two attached hydrogens (primary N) is 2. The summed E-state index contributed by atoms with van der Waals surface area (Å²) in [5, 5.41) is 21.9. The number of nitrogens with zero attached hydrogens (tertiary/aromatic N) is 6. The molecule has 414 valence electrons. The summed E-state index contributed by atoms with van der Waals surface area (Å²) in [5.41, 5.74) is 2.17. The van der Waals surface area contributed by atoms with Crippen LogP contribution in [0.15, 0.2) is 180 Å². The van der Waals surface area contributed by atoms with E-state index in [4.69, 9.17) is 10.3 Å². The molecule has 0 spiro atoms. The minimum atomic E-state index is -5.01. The molecule has 2 atom stereocenters. The second-order valence-electron chi connectivity index (χ2n) is 17.3. The van der Waals surface area contributed by atoms with Crippen molar-refractivity contribution in [3.63, 3.8) is 0 Å². The van der Waals surface area contributed by atoms with Gasteiger partial charge in [0.25, 0.3) is 0 Å². The highest BCUT2D eigenvalue weighted by Gasteiger charge is 2.38. The zero-order chi connectivity index (χ0) is 57.6. The number of hydrogen-bond acceptors (Lipinski definition) is 16. The average molecular weight is 1140 g/mol. The fourth-order valence-corrected chi connectivity index (χ4v) is 9.06. The molecule has 20 nitrogen and oxygen atoms in total. The van der Waals surface area contributed by atoms with Gasteiger partial charge in [0, 0.05) is 60.6 Å². The Morgan fingerprint density at radius 2 is 0.850 bits per heavy atom. The van der Waals surface area contributed by atoms with Gasteiger partial charge in [-0.25, -0.2) is 37.1 Å². The number of aromatic nitrogens is 4. The predicted octanol–water partition coefficient (Wildman–Crippen LogP) is 9.53. The van der Waals surface area contributed by atoms with Gasteiger partial charge in [-0.15, -0.1) is 26.3 Å². The highest BCUT2D eigenvalue weighted by Crippen LogP contribution is 2.39. The number of sulfonamides is 2. The van der Waals surface area contributed by atoms with Crippen molar-refractivity contribution < 1.29 is 62.2 Å². The van der Waals surface area contributed by atoms with E-state index in [1.54, 1.807) is 96.7 Å². The summed E-state index contributed by atoms with van der Waals surface area (Å²) in [6.45, 7) is 0. The van der Waals surface area contributed by atoms with Gasteiger partial charge < -0.3 is 40.5 Å². The van der Waals surface area contributed by atoms with Crippen LogP contribution in [0.3, 0.4) is 0 Å². The van der Waals surface area contributed by atoms with E-state index in [1.165, 1.54) is 48.8 Å². The molecule has 2 aromatic heterocycles. The molecule has 8 N–H and O–H groups in total. The molecule has 0 bridgehead atoms. The molecule has 0 aliphatic heterocycles. The van der Waals surface area contributed by atoms with Crippen molar-refractivity contribution in [2.24, 2.45) is 10.3 Å². The molecule has 0 saturated heterocycles. The Kier molecular flexibility index (Phi) is 16.5. The maximum atomic E-state index is 14.9. The lowest BCUT2D eigenvalue weighted by Gasteiger charge is -2.28. The topological polar surface area (TPSA) is 279 Å². The Balaban J connectivity index is 1.15. The number of primary sulfonamides is 2. The van der Waals surface area contributed by atoms with Crippen molar-refractivity contribution >= 4 is 89.5 Å². The Bertz CT molecular complexity index is 3510. The largest absolute Gasteiger partial charge is 0.573 e. The summed E-state index contributed by atoms with van der Waals surface area (Å²) in [5.74, 6) is -4.85. The molecule has 0 aliphatic carbocycles. The fraction of sp³-hybridized carbons (Fsp3) is 0.115. The third-order valence-corrected chi connectivity index (χ3v) is 13.5. The minimum Gasteiger partial charge on any atom is -0.406 e. The SMILES string of the molecule is CN(c1ccc(C(C(=O)Nc2ccc(OC(F)(F)F)cc2)C(C(=O)Nc2ccc(OC(F)(F)F)cc2)c2ccc(N(C)c3ccnc(Nc4cccc(S(N)(=O)=O)c4)n3)cc2)cc1)c1ccnc(Nc2cccc(S(N)(=O)=O)c2)n1. The van der Waals surface area contributed by atoms with E-state index < -0.39 is 67.9 Å². The molecule has 0 aliphatic rings. The number of anilines is 10. The van der Waals surface area contributed by atoms with Crippen LogP contribution >= 0.6 is 0 Å². The van der Waals surface area contributed by atoms with Gasteiger partial charge in [-0.3, -0.25) is 9.59 Å². The van der Waals surface area contributed by atoms with Crippen LogP contribution < -0.4 is 50.8 Å². The van der Waals surface area contributed by atoms with Crippen molar-refractivity contribution in [1.29, 1.82) is 0 Å². The minimum absolute atomic E-state index is 0.0163. The highest BCUT2D eigenvalue weighted by molar-refractivity contribution is 7.89. The number of carbonyl (C=O) groups excluding carboxylic acids is 2. The zero-order valence-corrected chi connectivity index (χ0v) is 43.1. The quantitative estimate of drug-likeness (QED) is 0.0411. The van der Waals surface area contributed by atoms with E-state index in [0.29, 0.717) is 34.4 Å². The van der Waals surface area contributed by atoms with Gasteiger partial charge >= 0.3 is 12.7 Å². The lowest BCUT2D eigenvalue weighted by molar-refractivity contribution is -0.275. The highest BCUT2D eigenvalue weighted by atomic mass is 32.2.